The molecule has 1 fully saturated rings. The molecule has 1 aliphatic rings. The summed E-state index contributed by atoms with van der Waals surface area (Å²) in [5, 5.41) is 10.2. The Bertz CT molecular complexity index is 280. The van der Waals surface area contributed by atoms with Gasteiger partial charge in [0.05, 0.1) is 6.04 Å². The molecular weight excluding hydrogens is 210 g/mol. The minimum Gasteiger partial charge on any atom is -0.480 e. The quantitative estimate of drug-likeness (QED) is 0.609. The van der Waals surface area contributed by atoms with Crippen LogP contribution in [0.1, 0.15) is 26.7 Å². The Morgan fingerprint density at radius 2 is 2.12 bits per heavy atom. The van der Waals surface area contributed by atoms with Gasteiger partial charge in [-0.1, -0.05) is 13.8 Å². The molecular formula is C10H19N3O3. The van der Waals surface area contributed by atoms with Gasteiger partial charge in [0.2, 0.25) is 0 Å². The average molecular weight is 229 g/mol. The van der Waals surface area contributed by atoms with Crippen molar-refractivity contribution in [1.29, 1.82) is 0 Å². The van der Waals surface area contributed by atoms with Crippen molar-refractivity contribution < 1.29 is 14.7 Å². The highest BCUT2D eigenvalue weighted by Gasteiger charge is 2.35. The number of hydrogen-bond donors (Lipinski definition) is 3. The van der Waals surface area contributed by atoms with Gasteiger partial charge >= 0.3 is 5.97 Å². The van der Waals surface area contributed by atoms with Crippen LogP contribution in [-0.4, -0.2) is 40.6 Å². The first-order chi connectivity index (χ1) is 7.45. The lowest BCUT2D eigenvalue weighted by molar-refractivity contribution is -0.156. The molecule has 1 heterocycles. The fraction of sp³-hybridized carbons (Fsp3) is 0.800. The van der Waals surface area contributed by atoms with Gasteiger partial charge in [-0.05, 0) is 18.8 Å². The zero-order chi connectivity index (χ0) is 12.3. The molecule has 2 atom stereocenters. The molecule has 0 radical (unpaired) electrons. The van der Waals surface area contributed by atoms with E-state index in [2.05, 4.69) is 5.43 Å². The zero-order valence-electron chi connectivity index (χ0n) is 9.64. The van der Waals surface area contributed by atoms with E-state index in [9.17, 15) is 9.59 Å². The van der Waals surface area contributed by atoms with Gasteiger partial charge in [0, 0.05) is 6.54 Å². The Balaban J connectivity index is 2.75. The molecule has 92 valence electrons. The second-order valence-electron chi connectivity index (χ2n) is 4.38. The highest BCUT2D eigenvalue weighted by molar-refractivity contribution is 5.86. The largest absolute Gasteiger partial charge is 0.480 e. The monoisotopic (exact) mass is 229 g/mol. The molecule has 1 amide bonds. The molecule has 0 aromatic carbocycles. The van der Waals surface area contributed by atoms with Crippen molar-refractivity contribution in [2.24, 2.45) is 11.7 Å². The summed E-state index contributed by atoms with van der Waals surface area (Å²) in [5.41, 5.74) is 8.54. The molecule has 4 N–H and O–H groups in total. The number of rotatable bonds is 3. The number of carbonyl (C=O) groups excluding carboxylic acids is 1. The summed E-state index contributed by atoms with van der Waals surface area (Å²) in [7, 11) is 0. The first-order valence-corrected chi connectivity index (χ1v) is 5.50. The van der Waals surface area contributed by atoms with Crippen molar-refractivity contribution in [2.75, 3.05) is 6.54 Å². The van der Waals surface area contributed by atoms with Crippen LogP contribution in [0, 0.1) is 5.92 Å². The lowest BCUT2D eigenvalue weighted by atomic mass is 10.0. The predicted molar refractivity (Wildman–Crippen MR) is 58.3 cm³/mol. The number of amides is 1. The van der Waals surface area contributed by atoms with Crippen molar-refractivity contribution in [3.8, 4) is 0 Å². The van der Waals surface area contributed by atoms with Crippen LogP contribution >= 0.6 is 0 Å². The highest BCUT2D eigenvalue weighted by Crippen LogP contribution is 2.13. The third kappa shape index (κ3) is 2.70. The molecule has 6 nitrogen and oxygen atoms in total. The number of nitrogens with zero attached hydrogens (tertiary/aromatic N) is 1. The van der Waals surface area contributed by atoms with Crippen LogP contribution in [0.15, 0.2) is 0 Å². The van der Waals surface area contributed by atoms with E-state index in [0.717, 1.165) is 6.42 Å². The van der Waals surface area contributed by atoms with E-state index in [4.69, 9.17) is 10.8 Å². The van der Waals surface area contributed by atoms with Crippen molar-refractivity contribution in [3.63, 3.8) is 0 Å². The smallest absolute Gasteiger partial charge is 0.328 e. The number of carbonyl (C=O) groups is 2. The summed E-state index contributed by atoms with van der Waals surface area (Å²) in [5.74, 6) is -1.34. The molecule has 16 heavy (non-hydrogen) atoms. The first kappa shape index (κ1) is 12.9. The van der Waals surface area contributed by atoms with Gasteiger partial charge in [-0.2, -0.15) is 0 Å². The second kappa shape index (κ2) is 5.27. The third-order valence-electron chi connectivity index (χ3n) is 2.77. The Labute approximate surface area is 94.8 Å². The van der Waals surface area contributed by atoms with E-state index in [0.29, 0.717) is 13.0 Å². The zero-order valence-corrected chi connectivity index (χ0v) is 9.64. The molecule has 0 unspecified atom stereocenters. The molecule has 1 rings (SSSR count). The Morgan fingerprint density at radius 1 is 1.50 bits per heavy atom. The third-order valence-corrected chi connectivity index (χ3v) is 2.77. The van der Waals surface area contributed by atoms with E-state index in [1.165, 1.54) is 5.01 Å². The van der Waals surface area contributed by atoms with E-state index in [-0.39, 0.29) is 11.8 Å². The average Bonchev–Trinajstić information content (AvgIpc) is 2.26. The number of hydrazine groups is 1. The van der Waals surface area contributed by atoms with Crippen LogP contribution < -0.4 is 11.2 Å². The summed E-state index contributed by atoms with van der Waals surface area (Å²) in [6.45, 7) is 4.28. The number of aliphatic carboxylic acids is 1. The van der Waals surface area contributed by atoms with Crippen LogP contribution in [0.4, 0.5) is 0 Å². The van der Waals surface area contributed by atoms with Gasteiger partial charge in [0.1, 0.15) is 6.04 Å². The van der Waals surface area contributed by atoms with Crippen molar-refractivity contribution in [2.45, 2.75) is 38.8 Å². The molecule has 1 aliphatic heterocycles. The van der Waals surface area contributed by atoms with Crippen LogP contribution in [0.2, 0.25) is 0 Å². The topological polar surface area (TPSA) is 95.7 Å². The van der Waals surface area contributed by atoms with Crippen molar-refractivity contribution in [3.05, 3.63) is 0 Å². The maximum absolute atomic E-state index is 11.9. The van der Waals surface area contributed by atoms with Crippen molar-refractivity contribution in [1.82, 2.24) is 10.4 Å². The van der Waals surface area contributed by atoms with Crippen molar-refractivity contribution >= 4 is 11.9 Å². The summed E-state index contributed by atoms with van der Waals surface area (Å²) in [6, 6.07) is -1.46. The molecule has 0 aliphatic carbocycles. The second-order valence-corrected chi connectivity index (χ2v) is 4.38. The van der Waals surface area contributed by atoms with Crippen LogP contribution in [0.25, 0.3) is 0 Å². The van der Waals surface area contributed by atoms with Gasteiger partial charge in [0.25, 0.3) is 5.91 Å². The number of nitrogens with one attached hydrogen (secondary N) is 1. The fourth-order valence-corrected chi connectivity index (χ4v) is 1.65. The van der Waals surface area contributed by atoms with Gasteiger partial charge < -0.3 is 10.8 Å². The summed E-state index contributed by atoms with van der Waals surface area (Å²) in [4.78, 5) is 22.9. The van der Waals surface area contributed by atoms with E-state index in [1.54, 1.807) is 0 Å². The molecule has 6 heteroatoms. The number of carboxylic acids is 1. The molecule has 0 bridgehead atoms. The normalized spacial score (nSPS) is 23.2. The number of carboxylic acid groups (broad SMARTS) is 1. The molecule has 0 saturated carbocycles. The van der Waals surface area contributed by atoms with E-state index in [1.807, 2.05) is 13.8 Å². The van der Waals surface area contributed by atoms with Gasteiger partial charge in [-0.15, -0.1) is 0 Å². The Hall–Kier alpha value is -1.14. The Morgan fingerprint density at radius 3 is 2.62 bits per heavy atom. The van der Waals surface area contributed by atoms with E-state index < -0.39 is 18.1 Å². The van der Waals surface area contributed by atoms with Gasteiger partial charge in [-0.3, -0.25) is 9.80 Å². The van der Waals surface area contributed by atoms with Crippen LogP contribution in [-0.2, 0) is 9.59 Å². The van der Waals surface area contributed by atoms with Crippen LogP contribution in [0.3, 0.4) is 0 Å². The minimum atomic E-state index is -0.989. The number of nitrogens with two attached hydrogens (primary N) is 1. The Kier molecular flexibility index (Phi) is 4.26. The minimum absolute atomic E-state index is 0.00864. The highest BCUT2D eigenvalue weighted by atomic mass is 16.4. The summed E-state index contributed by atoms with van der Waals surface area (Å²) in [6.07, 6.45) is 1.22. The summed E-state index contributed by atoms with van der Waals surface area (Å²) >= 11 is 0. The maximum Gasteiger partial charge on any atom is 0.328 e. The fourth-order valence-electron chi connectivity index (χ4n) is 1.65. The standard InChI is InChI=1S/C10H19N3O3/c1-6(2)8(11)9(14)13-7(10(15)16)4-3-5-12-13/h6-8,12H,3-5,11H2,1-2H3,(H,15,16)/t7-,8+/m0/s1. The molecule has 0 aromatic rings. The maximum atomic E-state index is 11.9. The predicted octanol–water partition coefficient (Wildman–Crippen LogP) is -0.450. The van der Waals surface area contributed by atoms with E-state index >= 15 is 0 Å². The molecule has 0 spiro atoms. The lowest BCUT2D eigenvalue weighted by Gasteiger charge is -2.35. The van der Waals surface area contributed by atoms with Gasteiger partial charge in [-0.25, -0.2) is 10.2 Å². The molecule has 1 saturated heterocycles. The SMILES string of the molecule is CC(C)[C@@H](N)C(=O)N1NCCC[C@H]1C(=O)O. The number of hydrogen-bond acceptors (Lipinski definition) is 4. The van der Waals surface area contributed by atoms with Gasteiger partial charge in [0.15, 0.2) is 0 Å². The lowest BCUT2D eigenvalue weighted by Crippen LogP contribution is -2.60. The summed E-state index contributed by atoms with van der Waals surface area (Å²) < 4.78 is 0. The van der Waals surface area contributed by atoms with Crippen LogP contribution in [0.5, 0.6) is 0 Å². The first-order valence-electron chi connectivity index (χ1n) is 5.50. The molecule has 0 aromatic heterocycles.